The third-order valence-corrected chi connectivity index (χ3v) is 6.27. The highest BCUT2D eigenvalue weighted by Gasteiger charge is 2.51. The monoisotopic (exact) mass is 441 g/mol. The highest BCUT2D eigenvalue weighted by atomic mass is 28.3. The van der Waals surface area contributed by atoms with Gasteiger partial charge in [-0.2, -0.15) is 0 Å². The maximum atomic E-state index is 11.9. The van der Waals surface area contributed by atoms with Crippen molar-refractivity contribution in [2.45, 2.75) is 65.0 Å². The summed E-state index contributed by atoms with van der Waals surface area (Å²) < 4.78 is 23.4. The first kappa shape index (κ1) is 23.5. The molecule has 1 aromatic heterocycles. The van der Waals surface area contributed by atoms with E-state index in [9.17, 15) is 19.2 Å². The molecule has 1 aliphatic rings. The number of hydrogen-bond acceptors (Lipinski definition) is 9. The Balaban J connectivity index is 2.56. The van der Waals surface area contributed by atoms with E-state index in [0.29, 0.717) is 5.32 Å². The summed E-state index contributed by atoms with van der Waals surface area (Å²) in [4.78, 5) is 50.8. The number of nitrogens with two attached hydrogens (primary N) is 1. The minimum Gasteiger partial charge on any atom is -0.463 e. The molecule has 166 valence electrons. The van der Waals surface area contributed by atoms with E-state index in [1.165, 1.54) is 27.1 Å². The molecule has 0 spiro atoms. The van der Waals surface area contributed by atoms with Crippen molar-refractivity contribution in [1.82, 2.24) is 9.55 Å². The molecule has 0 radical (unpaired) electrons. The van der Waals surface area contributed by atoms with Crippen LogP contribution in [0.4, 0.5) is 0 Å². The van der Waals surface area contributed by atoms with E-state index in [0.717, 1.165) is 0 Å². The first-order chi connectivity index (χ1) is 13.8. The second-order valence-corrected chi connectivity index (χ2v) is 13.0. The molecule has 4 unspecified atom stereocenters. The van der Waals surface area contributed by atoms with Gasteiger partial charge >= 0.3 is 17.9 Å². The number of imidazole rings is 1. The van der Waals surface area contributed by atoms with Crippen LogP contribution >= 0.6 is 0 Å². The molecule has 4 atom stereocenters. The van der Waals surface area contributed by atoms with Gasteiger partial charge in [0.15, 0.2) is 18.4 Å². The second-order valence-electron chi connectivity index (χ2n) is 7.98. The van der Waals surface area contributed by atoms with Gasteiger partial charge in [-0.25, -0.2) is 4.98 Å². The molecule has 1 fully saturated rings. The van der Waals surface area contributed by atoms with Crippen LogP contribution in [0.5, 0.6) is 0 Å². The molecule has 0 aromatic carbocycles. The third-order valence-electron chi connectivity index (χ3n) is 4.35. The van der Waals surface area contributed by atoms with Gasteiger partial charge in [0.25, 0.3) is 5.91 Å². The maximum absolute atomic E-state index is 11.9. The summed E-state index contributed by atoms with van der Waals surface area (Å²) in [6.45, 7) is 9.39. The molecule has 1 amide bonds. The van der Waals surface area contributed by atoms with Crippen LogP contribution in [-0.2, 0) is 33.3 Å². The minimum absolute atomic E-state index is 0.104. The quantitative estimate of drug-likeness (QED) is 0.346. The number of carbonyl (C=O) groups excluding carboxylic acids is 4. The zero-order valence-corrected chi connectivity index (χ0v) is 18.8. The first-order valence-electron chi connectivity index (χ1n) is 9.33. The Kier molecular flexibility index (Phi) is 7.03. The summed E-state index contributed by atoms with van der Waals surface area (Å²) in [6, 6.07) is 0. The predicted octanol–water partition coefficient (Wildman–Crippen LogP) is -0.149. The van der Waals surface area contributed by atoms with E-state index in [1.54, 1.807) is 4.57 Å². The lowest BCUT2D eigenvalue weighted by molar-refractivity contribution is -0.166. The van der Waals surface area contributed by atoms with Gasteiger partial charge in [-0.15, -0.1) is 0 Å². The molecule has 0 bridgehead atoms. The van der Waals surface area contributed by atoms with Crippen LogP contribution in [0.3, 0.4) is 0 Å². The van der Waals surface area contributed by atoms with Crippen molar-refractivity contribution in [2.75, 3.05) is 6.61 Å². The molecule has 1 saturated heterocycles. The van der Waals surface area contributed by atoms with Crippen molar-refractivity contribution < 1.29 is 38.1 Å². The van der Waals surface area contributed by atoms with Crippen molar-refractivity contribution in [3.05, 3.63) is 12.0 Å². The summed E-state index contributed by atoms with van der Waals surface area (Å²) in [5.41, 5.74) is 5.60. The molecule has 12 heteroatoms. The highest BCUT2D eigenvalue weighted by Crippen LogP contribution is 2.34. The highest BCUT2D eigenvalue weighted by molar-refractivity contribution is 6.88. The van der Waals surface area contributed by atoms with Crippen LogP contribution in [0.1, 0.15) is 37.5 Å². The zero-order chi connectivity index (χ0) is 22.8. The average Bonchev–Trinajstić information content (AvgIpc) is 3.15. The molecule has 2 rings (SSSR count). The number of rotatable bonds is 7. The SMILES string of the molecule is CC(=O)OCC1OC(n2cnc(C(N)=O)c2[Si](C)(C)C)C(OC(C)=O)C1OC(C)=O. The molecule has 0 saturated carbocycles. The van der Waals surface area contributed by atoms with E-state index < -0.39 is 56.4 Å². The molecule has 1 aromatic rings. The van der Waals surface area contributed by atoms with Gasteiger partial charge in [0, 0.05) is 26.1 Å². The molecule has 0 aliphatic carbocycles. The standard InChI is InChI=1S/C18H27N3O8Si/c1-9(22)26-7-12-14(27-10(2)23)15(28-11(3)24)17(29-12)21-8-20-13(16(19)25)18(21)30(4,5)6/h8,12,14-15,17H,7H2,1-6H3,(H2,19,25). The number of aromatic nitrogens is 2. The van der Waals surface area contributed by atoms with E-state index in [1.807, 2.05) is 19.6 Å². The minimum atomic E-state index is -2.20. The summed E-state index contributed by atoms with van der Waals surface area (Å²) in [5, 5.41) is 0.590. The van der Waals surface area contributed by atoms with Crippen molar-refractivity contribution in [2.24, 2.45) is 5.73 Å². The molecule has 2 N–H and O–H groups in total. The number of esters is 3. The molecule has 30 heavy (non-hydrogen) atoms. The van der Waals surface area contributed by atoms with Crippen LogP contribution in [0, 0.1) is 0 Å². The van der Waals surface area contributed by atoms with E-state index in [4.69, 9.17) is 24.7 Å². The van der Waals surface area contributed by atoms with Crippen LogP contribution in [-0.4, -0.2) is 66.4 Å². The third kappa shape index (κ3) is 5.24. The molecule has 2 heterocycles. The van der Waals surface area contributed by atoms with Crippen molar-refractivity contribution >= 4 is 37.2 Å². The van der Waals surface area contributed by atoms with Crippen molar-refractivity contribution in [1.29, 1.82) is 0 Å². The van der Waals surface area contributed by atoms with Crippen LogP contribution < -0.4 is 11.1 Å². The number of primary amides is 1. The van der Waals surface area contributed by atoms with Crippen molar-refractivity contribution in [3.63, 3.8) is 0 Å². The summed E-state index contributed by atoms with van der Waals surface area (Å²) >= 11 is 0. The number of carbonyl (C=O) groups is 4. The summed E-state index contributed by atoms with van der Waals surface area (Å²) in [5.74, 6) is -2.48. The molecular formula is C18H27N3O8Si. The topological polar surface area (TPSA) is 149 Å². The normalized spacial score (nSPS) is 23.7. The zero-order valence-electron chi connectivity index (χ0n) is 17.8. The number of amides is 1. The number of hydrogen-bond donors (Lipinski definition) is 1. The largest absolute Gasteiger partial charge is 0.463 e. The number of ether oxygens (including phenoxy) is 4. The predicted molar refractivity (Wildman–Crippen MR) is 105 cm³/mol. The fourth-order valence-corrected chi connectivity index (χ4v) is 5.25. The van der Waals surface area contributed by atoms with Gasteiger partial charge < -0.3 is 29.2 Å². The Morgan fingerprint density at radius 2 is 1.63 bits per heavy atom. The Labute approximate surface area is 174 Å². The number of nitrogens with zero attached hydrogens (tertiary/aromatic N) is 2. The van der Waals surface area contributed by atoms with Gasteiger partial charge in [-0.1, -0.05) is 19.6 Å². The fourth-order valence-electron chi connectivity index (χ4n) is 3.39. The summed E-state index contributed by atoms with van der Waals surface area (Å²) in [6.07, 6.45) is -2.59. The van der Waals surface area contributed by atoms with Gasteiger partial charge in [0.1, 0.15) is 26.5 Å². The van der Waals surface area contributed by atoms with Crippen LogP contribution in [0.2, 0.25) is 19.6 Å². The fraction of sp³-hybridized carbons (Fsp3) is 0.611. The Bertz CT molecular complexity index is 847. The Morgan fingerprint density at radius 3 is 2.10 bits per heavy atom. The lowest BCUT2D eigenvalue weighted by atomic mass is 10.1. The van der Waals surface area contributed by atoms with Crippen LogP contribution in [0.25, 0.3) is 0 Å². The van der Waals surface area contributed by atoms with Gasteiger partial charge in [0.05, 0.1) is 6.33 Å². The lowest BCUT2D eigenvalue weighted by Gasteiger charge is -2.27. The van der Waals surface area contributed by atoms with E-state index in [-0.39, 0.29) is 12.3 Å². The average molecular weight is 442 g/mol. The maximum Gasteiger partial charge on any atom is 0.303 e. The Morgan fingerprint density at radius 1 is 1.07 bits per heavy atom. The Hall–Kier alpha value is -2.73. The second kappa shape index (κ2) is 8.96. The first-order valence-corrected chi connectivity index (χ1v) is 12.8. The molecule has 1 aliphatic heterocycles. The van der Waals surface area contributed by atoms with Gasteiger partial charge in [0.2, 0.25) is 0 Å². The van der Waals surface area contributed by atoms with Crippen molar-refractivity contribution in [3.8, 4) is 0 Å². The van der Waals surface area contributed by atoms with E-state index in [2.05, 4.69) is 4.98 Å². The van der Waals surface area contributed by atoms with Gasteiger partial charge in [-0.3, -0.25) is 19.2 Å². The van der Waals surface area contributed by atoms with Crippen LogP contribution in [0.15, 0.2) is 6.33 Å². The molecule has 11 nitrogen and oxygen atoms in total. The summed E-state index contributed by atoms with van der Waals surface area (Å²) in [7, 11) is -2.20. The van der Waals surface area contributed by atoms with E-state index >= 15 is 0 Å². The molecular weight excluding hydrogens is 414 g/mol. The lowest BCUT2D eigenvalue weighted by Crippen LogP contribution is -2.49. The van der Waals surface area contributed by atoms with Gasteiger partial charge in [-0.05, 0) is 0 Å². The smallest absolute Gasteiger partial charge is 0.303 e.